The lowest BCUT2D eigenvalue weighted by Crippen LogP contribution is -2.30. The fraction of sp³-hybridized carbons (Fsp3) is 0.843. The number of hydrogen-bond acceptors (Lipinski definition) is 6. The highest BCUT2D eigenvalue weighted by Gasteiger charge is 2.19. The minimum absolute atomic E-state index is 0.0776. The van der Waals surface area contributed by atoms with Crippen LogP contribution in [0.25, 0.3) is 0 Å². The number of carbonyl (C=O) groups is 3. The van der Waals surface area contributed by atoms with Crippen molar-refractivity contribution in [2.75, 3.05) is 13.2 Å². The van der Waals surface area contributed by atoms with Crippen molar-refractivity contribution in [2.24, 2.45) is 0 Å². The Bertz CT molecular complexity index is 1310. The Morgan fingerprint density at radius 1 is 0.263 bits per heavy atom. The van der Waals surface area contributed by atoms with Crippen LogP contribution in [0.4, 0.5) is 0 Å². The molecule has 6 heteroatoms. The van der Waals surface area contributed by atoms with Gasteiger partial charge in [0.2, 0.25) is 0 Å². The average molecular weight is 1070 g/mol. The summed E-state index contributed by atoms with van der Waals surface area (Å²) < 4.78 is 16.9. The number of unbranched alkanes of at least 4 members (excludes halogenated alkanes) is 43. The molecule has 0 aromatic heterocycles. The summed E-state index contributed by atoms with van der Waals surface area (Å²) in [6.07, 6.45) is 81.3. The van der Waals surface area contributed by atoms with Crippen LogP contribution in [0.5, 0.6) is 0 Å². The van der Waals surface area contributed by atoms with E-state index in [1.807, 2.05) is 0 Å². The lowest BCUT2D eigenvalue weighted by atomic mass is 10.0. The van der Waals surface area contributed by atoms with Gasteiger partial charge in [0.05, 0.1) is 0 Å². The van der Waals surface area contributed by atoms with Crippen LogP contribution in [0.15, 0.2) is 48.6 Å². The lowest BCUT2D eigenvalue weighted by Gasteiger charge is -2.18. The molecule has 0 aromatic carbocycles. The first-order valence-electron chi connectivity index (χ1n) is 33.6. The Kier molecular flexibility index (Phi) is 62.6. The van der Waals surface area contributed by atoms with Crippen molar-refractivity contribution in [3.8, 4) is 0 Å². The summed E-state index contributed by atoms with van der Waals surface area (Å²) in [5.74, 6) is -0.877. The summed E-state index contributed by atoms with van der Waals surface area (Å²) in [6, 6.07) is 0. The zero-order valence-corrected chi connectivity index (χ0v) is 51.0. The molecule has 0 aliphatic rings. The molecule has 0 heterocycles. The molecule has 0 radical (unpaired) electrons. The number of allylic oxidation sites excluding steroid dienone is 8. The van der Waals surface area contributed by atoms with E-state index in [4.69, 9.17) is 14.2 Å². The van der Waals surface area contributed by atoms with E-state index in [-0.39, 0.29) is 31.1 Å². The number of hydrogen-bond donors (Lipinski definition) is 0. The first-order valence-corrected chi connectivity index (χ1v) is 33.6. The van der Waals surface area contributed by atoms with Crippen molar-refractivity contribution in [1.82, 2.24) is 0 Å². The van der Waals surface area contributed by atoms with Crippen LogP contribution in [0.1, 0.15) is 361 Å². The second-order valence-corrected chi connectivity index (χ2v) is 22.7. The smallest absolute Gasteiger partial charge is 0.306 e. The molecule has 444 valence electrons. The third-order valence-electron chi connectivity index (χ3n) is 15.1. The summed E-state index contributed by atoms with van der Waals surface area (Å²) in [5, 5.41) is 0. The molecular formula is C70H128O6. The highest BCUT2D eigenvalue weighted by atomic mass is 16.6. The van der Waals surface area contributed by atoms with Gasteiger partial charge in [0.25, 0.3) is 0 Å². The van der Waals surface area contributed by atoms with Gasteiger partial charge >= 0.3 is 17.9 Å². The van der Waals surface area contributed by atoms with Crippen LogP contribution in [0.3, 0.4) is 0 Å². The third-order valence-corrected chi connectivity index (χ3v) is 15.1. The standard InChI is InChI=1S/C70H128O6/c1-4-7-10-13-16-19-22-25-27-29-31-33-34-35-37-38-40-42-45-48-51-54-57-60-63-69(72)75-66-67(65-74-68(71)62-59-56-53-50-47-44-24-21-18-15-12-9-6-3)76-70(73)64-61-58-55-52-49-46-43-41-39-36-32-30-28-26-23-20-17-14-11-8-5-2/h21,23-24,26,30,32,39,41,67H,4-20,22,25,27-29,31,33-38,40,42-66H2,1-3H3/b24-21-,26-23-,32-30-,41-39-. The number of ether oxygens (including phenoxy) is 3. The van der Waals surface area contributed by atoms with Crippen LogP contribution in [0, 0.1) is 0 Å². The molecule has 76 heavy (non-hydrogen) atoms. The Labute approximate surface area is 473 Å². The topological polar surface area (TPSA) is 78.9 Å². The SMILES string of the molecule is CCCCCC/C=C\CCCCCCCC(=O)OCC(COC(=O)CCCCCCCCCCCCCCCCCCCCCCCCCC)OC(=O)CCCCCCCC/C=C\C/C=C\C/C=C\CCCCCCC. The Balaban J connectivity index is 4.29. The van der Waals surface area contributed by atoms with Gasteiger partial charge in [-0.2, -0.15) is 0 Å². The largest absolute Gasteiger partial charge is 0.462 e. The molecule has 0 saturated carbocycles. The third kappa shape index (κ3) is 62.2. The van der Waals surface area contributed by atoms with E-state index in [0.717, 1.165) is 83.5 Å². The zero-order valence-electron chi connectivity index (χ0n) is 51.0. The Morgan fingerprint density at radius 3 is 0.763 bits per heavy atom. The van der Waals surface area contributed by atoms with Gasteiger partial charge in [-0.15, -0.1) is 0 Å². The molecule has 1 unspecified atom stereocenters. The predicted octanol–water partition coefficient (Wildman–Crippen LogP) is 22.9. The molecule has 0 N–H and O–H groups in total. The number of rotatable bonds is 62. The summed E-state index contributed by atoms with van der Waals surface area (Å²) in [7, 11) is 0. The summed E-state index contributed by atoms with van der Waals surface area (Å²) in [6.45, 7) is 6.65. The molecule has 0 aromatic rings. The molecular weight excluding hydrogens is 937 g/mol. The van der Waals surface area contributed by atoms with Crippen LogP contribution < -0.4 is 0 Å². The van der Waals surface area contributed by atoms with Crippen LogP contribution in [-0.2, 0) is 28.6 Å². The average Bonchev–Trinajstić information content (AvgIpc) is 3.42. The van der Waals surface area contributed by atoms with Gasteiger partial charge in [-0.25, -0.2) is 0 Å². The Morgan fingerprint density at radius 2 is 0.474 bits per heavy atom. The van der Waals surface area contributed by atoms with Crippen molar-refractivity contribution in [1.29, 1.82) is 0 Å². The van der Waals surface area contributed by atoms with E-state index < -0.39 is 6.10 Å². The van der Waals surface area contributed by atoms with E-state index in [1.54, 1.807) is 0 Å². The molecule has 0 saturated heterocycles. The van der Waals surface area contributed by atoms with Crippen molar-refractivity contribution in [3.63, 3.8) is 0 Å². The second-order valence-electron chi connectivity index (χ2n) is 22.7. The summed E-state index contributed by atoms with van der Waals surface area (Å²) in [4.78, 5) is 38.3. The molecule has 0 aliphatic carbocycles. The van der Waals surface area contributed by atoms with Crippen molar-refractivity contribution in [3.05, 3.63) is 48.6 Å². The van der Waals surface area contributed by atoms with Gasteiger partial charge in [0.1, 0.15) is 13.2 Å². The van der Waals surface area contributed by atoms with Gasteiger partial charge in [0.15, 0.2) is 6.10 Å². The van der Waals surface area contributed by atoms with Crippen LogP contribution in [0.2, 0.25) is 0 Å². The molecule has 0 spiro atoms. The maximum Gasteiger partial charge on any atom is 0.306 e. The number of carbonyl (C=O) groups excluding carboxylic acids is 3. The first kappa shape index (κ1) is 73.4. The van der Waals surface area contributed by atoms with E-state index in [1.165, 1.54) is 238 Å². The quantitative estimate of drug-likeness (QED) is 0.0261. The minimum Gasteiger partial charge on any atom is -0.462 e. The lowest BCUT2D eigenvalue weighted by molar-refractivity contribution is -0.167. The second kappa shape index (κ2) is 64.9. The van der Waals surface area contributed by atoms with Gasteiger partial charge in [-0.3, -0.25) is 14.4 Å². The molecule has 0 aliphatic heterocycles. The van der Waals surface area contributed by atoms with E-state index in [0.29, 0.717) is 19.3 Å². The van der Waals surface area contributed by atoms with E-state index >= 15 is 0 Å². The number of esters is 3. The van der Waals surface area contributed by atoms with Gasteiger partial charge < -0.3 is 14.2 Å². The van der Waals surface area contributed by atoms with Crippen molar-refractivity contribution >= 4 is 17.9 Å². The zero-order chi connectivity index (χ0) is 55.0. The first-order chi connectivity index (χ1) is 37.5. The van der Waals surface area contributed by atoms with Crippen molar-refractivity contribution in [2.45, 2.75) is 367 Å². The fourth-order valence-corrected chi connectivity index (χ4v) is 9.98. The van der Waals surface area contributed by atoms with Gasteiger partial charge in [-0.1, -0.05) is 307 Å². The monoisotopic (exact) mass is 1060 g/mol. The summed E-state index contributed by atoms with van der Waals surface area (Å²) in [5.41, 5.74) is 0. The Hall–Kier alpha value is -2.63. The maximum absolute atomic E-state index is 12.9. The molecule has 0 rings (SSSR count). The normalized spacial score (nSPS) is 12.3. The molecule has 1 atom stereocenters. The fourth-order valence-electron chi connectivity index (χ4n) is 9.98. The van der Waals surface area contributed by atoms with Crippen LogP contribution >= 0.6 is 0 Å². The maximum atomic E-state index is 12.9. The van der Waals surface area contributed by atoms with E-state index in [9.17, 15) is 14.4 Å². The molecule has 6 nitrogen and oxygen atoms in total. The molecule has 0 fully saturated rings. The van der Waals surface area contributed by atoms with Gasteiger partial charge in [-0.05, 0) is 83.5 Å². The predicted molar refractivity (Wildman–Crippen MR) is 330 cm³/mol. The molecule has 0 bridgehead atoms. The van der Waals surface area contributed by atoms with Gasteiger partial charge in [0, 0.05) is 19.3 Å². The van der Waals surface area contributed by atoms with E-state index in [2.05, 4.69) is 69.4 Å². The highest BCUT2D eigenvalue weighted by Crippen LogP contribution is 2.18. The minimum atomic E-state index is -0.783. The summed E-state index contributed by atoms with van der Waals surface area (Å²) >= 11 is 0. The highest BCUT2D eigenvalue weighted by molar-refractivity contribution is 5.71. The van der Waals surface area contributed by atoms with Crippen LogP contribution in [-0.4, -0.2) is 37.2 Å². The van der Waals surface area contributed by atoms with Crippen molar-refractivity contribution < 1.29 is 28.6 Å². The molecule has 0 amide bonds.